The number of alkyl halides is 1. The molecule has 1 heterocycles. The molecule has 3 rings (SSSR count). The van der Waals surface area contributed by atoms with Crippen LogP contribution < -0.4 is 4.90 Å². The molecule has 1 N–H and O–H groups in total. The minimum absolute atomic E-state index is 0.0535. The molecule has 1 fully saturated rings. The largest absolute Gasteiger partial charge is 0.465 e. The van der Waals surface area contributed by atoms with E-state index in [2.05, 4.69) is 0 Å². The van der Waals surface area contributed by atoms with Crippen LogP contribution in [0.4, 0.5) is 25.0 Å². The summed E-state index contributed by atoms with van der Waals surface area (Å²) in [6.07, 6.45) is -2.61. The summed E-state index contributed by atoms with van der Waals surface area (Å²) >= 11 is 0. The van der Waals surface area contributed by atoms with Gasteiger partial charge in [0.15, 0.2) is 0 Å². The van der Waals surface area contributed by atoms with Crippen LogP contribution >= 0.6 is 0 Å². The smallest absolute Gasteiger partial charge is 0.407 e. The van der Waals surface area contributed by atoms with Gasteiger partial charge in [0.05, 0.1) is 23.6 Å². The average molecular weight is 391 g/mol. The zero-order chi connectivity index (χ0) is 20.3. The summed E-state index contributed by atoms with van der Waals surface area (Å²) in [5.74, 6) is -0.748. The topological polar surface area (TPSA) is 86.9 Å². The molecule has 1 aliphatic rings. The van der Waals surface area contributed by atoms with E-state index in [0.29, 0.717) is 0 Å². The van der Waals surface area contributed by atoms with Crippen molar-refractivity contribution in [1.82, 2.24) is 4.90 Å². The Balaban J connectivity index is 1.77. The van der Waals surface area contributed by atoms with E-state index in [1.165, 1.54) is 11.0 Å². The summed E-state index contributed by atoms with van der Waals surface area (Å²) in [4.78, 5) is 24.7. The standard InChI is InChI=1S/C19H19F2N3O4/c20-14-6-7-17(18(10-14)24(27)28)22-9-8-16(15(21)12-22)23(19(25)26)11-13-4-2-1-3-5-13/h1-7,10,15-16H,8-9,11-12H2,(H,25,26). The Morgan fingerprint density at radius 1 is 1.29 bits per heavy atom. The summed E-state index contributed by atoms with van der Waals surface area (Å²) in [6, 6.07) is 11.2. The van der Waals surface area contributed by atoms with E-state index < -0.39 is 34.7 Å². The van der Waals surface area contributed by atoms with Gasteiger partial charge in [-0.2, -0.15) is 0 Å². The van der Waals surface area contributed by atoms with Gasteiger partial charge in [0, 0.05) is 13.1 Å². The van der Waals surface area contributed by atoms with E-state index in [-0.39, 0.29) is 31.7 Å². The van der Waals surface area contributed by atoms with Crippen LogP contribution in [0, 0.1) is 15.9 Å². The molecule has 0 radical (unpaired) electrons. The molecule has 28 heavy (non-hydrogen) atoms. The molecule has 0 aliphatic carbocycles. The number of piperidine rings is 1. The molecule has 148 valence electrons. The highest BCUT2D eigenvalue weighted by Gasteiger charge is 2.37. The number of rotatable bonds is 5. The van der Waals surface area contributed by atoms with Crippen molar-refractivity contribution in [1.29, 1.82) is 0 Å². The minimum Gasteiger partial charge on any atom is -0.465 e. The highest BCUT2D eigenvalue weighted by atomic mass is 19.1. The number of anilines is 1. The lowest BCUT2D eigenvalue weighted by Crippen LogP contribution is -2.53. The first-order valence-corrected chi connectivity index (χ1v) is 8.73. The first kappa shape index (κ1) is 19.5. The summed E-state index contributed by atoms with van der Waals surface area (Å²) in [6.45, 7) is 0.0593. The molecule has 7 nitrogen and oxygen atoms in total. The number of hydrogen-bond acceptors (Lipinski definition) is 4. The van der Waals surface area contributed by atoms with E-state index in [9.17, 15) is 28.8 Å². The molecule has 9 heteroatoms. The van der Waals surface area contributed by atoms with Crippen LogP contribution in [0.5, 0.6) is 0 Å². The third kappa shape index (κ3) is 4.19. The Kier molecular flexibility index (Phi) is 5.72. The van der Waals surface area contributed by atoms with Gasteiger partial charge in [-0.3, -0.25) is 15.0 Å². The number of nitro benzene ring substituents is 1. The van der Waals surface area contributed by atoms with Crippen LogP contribution in [-0.4, -0.2) is 46.3 Å². The molecule has 0 aromatic heterocycles. The minimum atomic E-state index is -1.54. The fourth-order valence-electron chi connectivity index (χ4n) is 3.48. The van der Waals surface area contributed by atoms with Gasteiger partial charge in [-0.15, -0.1) is 0 Å². The number of benzene rings is 2. The summed E-state index contributed by atoms with van der Waals surface area (Å²) in [5, 5.41) is 20.7. The molecule has 2 aromatic carbocycles. The molecule has 2 atom stereocenters. The number of hydrogen-bond donors (Lipinski definition) is 1. The van der Waals surface area contributed by atoms with Crippen LogP contribution in [0.15, 0.2) is 48.5 Å². The van der Waals surface area contributed by atoms with Gasteiger partial charge in [-0.1, -0.05) is 30.3 Å². The second-order valence-electron chi connectivity index (χ2n) is 6.60. The van der Waals surface area contributed by atoms with Gasteiger partial charge >= 0.3 is 6.09 Å². The third-order valence-electron chi connectivity index (χ3n) is 4.82. The number of nitro groups is 1. The second kappa shape index (κ2) is 8.20. The molecule has 0 saturated carbocycles. The van der Waals surface area contributed by atoms with Crippen LogP contribution in [0.25, 0.3) is 0 Å². The first-order valence-electron chi connectivity index (χ1n) is 8.73. The van der Waals surface area contributed by atoms with Crippen LogP contribution in [0.3, 0.4) is 0 Å². The maximum atomic E-state index is 14.9. The molecule has 2 unspecified atom stereocenters. The molecule has 0 spiro atoms. The number of carbonyl (C=O) groups is 1. The van der Waals surface area contributed by atoms with Crippen molar-refractivity contribution in [3.8, 4) is 0 Å². The van der Waals surface area contributed by atoms with Crippen molar-refractivity contribution in [3.05, 3.63) is 70.0 Å². The molecule has 1 aliphatic heterocycles. The predicted molar refractivity (Wildman–Crippen MR) is 98.6 cm³/mol. The lowest BCUT2D eigenvalue weighted by molar-refractivity contribution is -0.384. The van der Waals surface area contributed by atoms with E-state index in [1.807, 2.05) is 0 Å². The Hall–Kier alpha value is -3.23. The lowest BCUT2D eigenvalue weighted by atomic mass is 9.99. The fourth-order valence-corrected chi connectivity index (χ4v) is 3.48. The van der Waals surface area contributed by atoms with Gasteiger partial charge in [0.2, 0.25) is 0 Å². The molecular weight excluding hydrogens is 372 g/mol. The van der Waals surface area contributed by atoms with E-state index in [4.69, 9.17) is 0 Å². The van der Waals surface area contributed by atoms with E-state index >= 15 is 0 Å². The van der Waals surface area contributed by atoms with Crippen molar-refractivity contribution >= 4 is 17.5 Å². The van der Waals surface area contributed by atoms with Gasteiger partial charge < -0.3 is 10.0 Å². The van der Waals surface area contributed by atoms with E-state index in [0.717, 1.165) is 22.6 Å². The molecule has 2 aromatic rings. The SMILES string of the molecule is O=C(O)N(Cc1ccccc1)C1CCN(c2ccc(F)cc2[N+](=O)[O-])CC1F. The molecule has 1 saturated heterocycles. The quantitative estimate of drug-likeness (QED) is 0.618. The monoisotopic (exact) mass is 391 g/mol. The van der Waals surface area contributed by atoms with Crippen molar-refractivity contribution in [2.75, 3.05) is 18.0 Å². The normalized spacial score (nSPS) is 19.3. The van der Waals surface area contributed by atoms with Gasteiger partial charge in [0.1, 0.15) is 17.7 Å². The zero-order valence-electron chi connectivity index (χ0n) is 14.9. The van der Waals surface area contributed by atoms with Crippen molar-refractivity contribution < 1.29 is 23.6 Å². The molecule has 1 amide bonds. The maximum absolute atomic E-state index is 14.9. The van der Waals surface area contributed by atoms with Crippen LogP contribution in [0.2, 0.25) is 0 Å². The second-order valence-corrected chi connectivity index (χ2v) is 6.60. The van der Waals surface area contributed by atoms with Crippen LogP contribution in [-0.2, 0) is 6.54 Å². The van der Waals surface area contributed by atoms with Crippen LogP contribution in [0.1, 0.15) is 12.0 Å². The Bertz CT molecular complexity index is 866. The Morgan fingerprint density at radius 2 is 2.00 bits per heavy atom. The molecular formula is C19H19F2N3O4. The average Bonchev–Trinajstić information content (AvgIpc) is 2.67. The van der Waals surface area contributed by atoms with Gasteiger partial charge in [0.25, 0.3) is 5.69 Å². The summed E-state index contributed by atoms with van der Waals surface area (Å²) in [7, 11) is 0. The Labute approximate surface area is 159 Å². The van der Waals surface area contributed by atoms with Gasteiger partial charge in [-0.25, -0.2) is 13.6 Å². The highest BCUT2D eigenvalue weighted by molar-refractivity contribution is 5.66. The predicted octanol–water partition coefficient (Wildman–Crippen LogP) is 3.83. The number of halogens is 2. The maximum Gasteiger partial charge on any atom is 0.407 e. The van der Waals surface area contributed by atoms with Gasteiger partial charge in [-0.05, 0) is 24.1 Å². The number of amides is 1. The zero-order valence-corrected chi connectivity index (χ0v) is 14.9. The van der Waals surface area contributed by atoms with Crippen molar-refractivity contribution in [2.24, 2.45) is 0 Å². The first-order chi connectivity index (χ1) is 13.4. The fraction of sp³-hybridized carbons (Fsp3) is 0.316. The lowest BCUT2D eigenvalue weighted by Gasteiger charge is -2.40. The number of nitrogens with zero attached hydrogens (tertiary/aromatic N) is 3. The van der Waals surface area contributed by atoms with E-state index in [1.54, 1.807) is 30.3 Å². The summed E-state index contributed by atoms with van der Waals surface area (Å²) < 4.78 is 28.3. The summed E-state index contributed by atoms with van der Waals surface area (Å²) in [5.41, 5.74) is 0.427. The Morgan fingerprint density at radius 3 is 2.61 bits per heavy atom. The number of carboxylic acid groups (broad SMARTS) is 1. The van der Waals surface area contributed by atoms with Crippen molar-refractivity contribution in [3.63, 3.8) is 0 Å². The third-order valence-corrected chi connectivity index (χ3v) is 4.82. The molecule has 0 bridgehead atoms. The van der Waals surface area contributed by atoms with Crippen molar-refractivity contribution in [2.45, 2.75) is 25.2 Å². The highest BCUT2D eigenvalue weighted by Crippen LogP contribution is 2.33.